The Hall–Kier alpha value is -3.32. The third-order valence-electron chi connectivity index (χ3n) is 6.24. The Bertz CT molecular complexity index is 1180. The number of ether oxygens (including phenoxy) is 3. The van der Waals surface area contributed by atoms with E-state index in [-0.39, 0.29) is 11.9 Å². The molecule has 1 fully saturated rings. The van der Waals surface area contributed by atoms with Gasteiger partial charge in [-0.15, -0.1) is 0 Å². The van der Waals surface area contributed by atoms with Crippen molar-refractivity contribution in [1.82, 2.24) is 9.55 Å². The highest BCUT2D eigenvalue weighted by molar-refractivity contribution is 5.63. The summed E-state index contributed by atoms with van der Waals surface area (Å²) in [4.78, 5) is 4.14. The van der Waals surface area contributed by atoms with Gasteiger partial charge in [-0.3, -0.25) is 0 Å². The van der Waals surface area contributed by atoms with E-state index in [1.54, 1.807) is 24.7 Å². The van der Waals surface area contributed by atoms with Crippen molar-refractivity contribution in [2.45, 2.75) is 37.9 Å². The lowest BCUT2D eigenvalue weighted by atomic mass is 10.0. The molecule has 0 N–H and O–H groups in total. The van der Waals surface area contributed by atoms with E-state index in [1.165, 1.54) is 23.3 Å². The van der Waals surface area contributed by atoms with Crippen molar-refractivity contribution < 1.29 is 18.6 Å². The number of aryl methyl sites for hydroxylation is 1. The number of hydrogen-bond acceptors (Lipinski definition) is 4. The van der Waals surface area contributed by atoms with Crippen LogP contribution in [0.1, 0.15) is 17.5 Å². The summed E-state index contributed by atoms with van der Waals surface area (Å²) in [7, 11) is 0. The minimum absolute atomic E-state index is 0.157. The molecular weight excluding hydrogens is 443 g/mol. The van der Waals surface area contributed by atoms with Crippen molar-refractivity contribution in [3.8, 4) is 11.1 Å². The fourth-order valence-electron chi connectivity index (χ4n) is 4.37. The molecular formula is C29H29FN2O3. The van der Waals surface area contributed by atoms with E-state index < -0.39 is 5.79 Å². The van der Waals surface area contributed by atoms with Crippen LogP contribution in [0.5, 0.6) is 0 Å². The summed E-state index contributed by atoms with van der Waals surface area (Å²) >= 11 is 0. The third-order valence-corrected chi connectivity index (χ3v) is 6.24. The van der Waals surface area contributed by atoms with Gasteiger partial charge in [0.05, 0.1) is 32.7 Å². The number of halogens is 1. The average molecular weight is 473 g/mol. The maximum Gasteiger partial charge on any atom is 0.187 e. The first-order valence-corrected chi connectivity index (χ1v) is 11.9. The molecule has 0 amide bonds. The Morgan fingerprint density at radius 3 is 2.43 bits per heavy atom. The molecule has 1 aliphatic rings. The highest BCUT2D eigenvalue weighted by Gasteiger charge is 2.41. The molecule has 2 atom stereocenters. The summed E-state index contributed by atoms with van der Waals surface area (Å²) in [5.74, 6) is -1.01. The van der Waals surface area contributed by atoms with E-state index in [0.717, 1.165) is 17.5 Å². The molecule has 2 heterocycles. The molecule has 0 aliphatic carbocycles. The van der Waals surface area contributed by atoms with E-state index in [4.69, 9.17) is 14.2 Å². The van der Waals surface area contributed by atoms with Crippen LogP contribution in [0.3, 0.4) is 0 Å². The van der Waals surface area contributed by atoms with Crippen LogP contribution >= 0.6 is 0 Å². The molecule has 1 saturated heterocycles. The molecule has 4 aromatic rings. The number of rotatable bonds is 10. The van der Waals surface area contributed by atoms with Gasteiger partial charge in [0.15, 0.2) is 5.79 Å². The number of imidazole rings is 1. The Balaban J connectivity index is 1.16. The van der Waals surface area contributed by atoms with E-state index >= 15 is 0 Å². The largest absolute Gasteiger partial charge is 0.374 e. The Morgan fingerprint density at radius 2 is 1.69 bits per heavy atom. The van der Waals surface area contributed by atoms with Crippen LogP contribution in [0.4, 0.5) is 4.39 Å². The van der Waals surface area contributed by atoms with Crippen LogP contribution in [0.15, 0.2) is 97.6 Å². The van der Waals surface area contributed by atoms with Gasteiger partial charge in [-0.05, 0) is 40.8 Å². The molecule has 3 aromatic carbocycles. The van der Waals surface area contributed by atoms with Crippen LogP contribution in [0.25, 0.3) is 11.1 Å². The zero-order valence-electron chi connectivity index (χ0n) is 19.6. The van der Waals surface area contributed by atoms with Gasteiger partial charge in [0, 0.05) is 18.8 Å². The molecule has 180 valence electrons. The standard InChI is InChI=1S/C29H29FN2O3/c30-27-12-8-23(9-13-27)14-15-29(21-32-17-16-31-22-32)34-20-28(35-29)19-33-18-24-6-10-26(11-7-24)25-4-2-1-3-5-25/h1-13,16-17,22,28H,14-15,18-21H2. The second-order valence-electron chi connectivity index (χ2n) is 8.90. The fourth-order valence-corrected chi connectivity index (χ4v) is 4.37. The van der Waals surface area contributed by atoms with Gasteiger partial charge in [0.1, 0.15) is 11.9 Å². The smallest absolute Gasteiger partial charge is 0.187 e. The van der Waals surface area contributed by atoms with Crippen LogP contribution in [-0.2, 0) is 33.8 Å². The van der Waals surface area contributed by atoms with E-state index in [1.807, 2.05) is 29.0 Å². The topological polar surface area (TPSA) is 45.5 Å². The minimum Gasteiger partial charge on any atom is -0.374 e. The van der Waals surface area contributed by atoms with Crippen molar-refractivity contribution in [3.05, 3.63) is 115 Å². The summed E-state index contributed by atoms with van der Waals surface area (Å²) in [5, 5.41) is 0. The average Bonchev–Trinajstić information content (AvgIpc) is 3.55. The van der Waals surface area contributed by atoms with E-state index in [0.29, 0.717) is 32.8 Å². The molecule has 2 unspecified atom stereocenters. The van der Waals surface area contributed by atoms with E-state index in [2.05, 4.69) is 41.4 Å². The van der Waals surface area contributed by atoms with Crippen molar-refractivity contribution in [2.24, 2.45) is 0 Å². The second-order valence-corrected chi connectivity index (χ2v) is 8.90. The highest BCUT2D eigenvalue weighted by atomic mass is 19.1. The van der Waals surface area contributed by atoms with Crippen molar-refractivity contribution in [3.63, 3.8) is 0 Å². The van der Waals surface area contributed by atoms with Gasteiger partial charge in [-0.25, -0.2) is 9.37 Å². The molecule has 1 aromatic heterocycles. The van der Waals surface area contributed by atoms with Gasteiger partial charge < -0.3 is 18.8 Å². The van der Waals surface area contributed by atoms with Gasteiger partial charge in [0.25, 0.3) is 0 Å². The summed E-state index contributed by atoms with van der Waals surface area (Å²) in [6, 6.07) is 25.3. The van der Waals surface area contributed by atoms with Crippen LogP contribution in [0.2, 0.25) is 0 Å². The first-order valence-electron chi connectivity index (χ1n) is 11.9. The maximum atomic E-state index is 13.3. The Morgan fingerprint density at radius 1 is 0.943 bits per heavy atom. The van der Waals surface area contributed by atoms with Crippen molar-refractivity contribution in [1.29, 1.82) is 0 Å². The molecule has 0 saturated carbocycles. The first-order chi connectivity index (χ1) is 17.2. The molecule has 5 rings (SSSR count). The Kier molecular flexibility index (Phi) is 7.33. The van der Waals surface area contributed by atoms with Crippen molar-refractivity contribution in [2.75, 3.05) is 13.2 Å². The summed E-state index contributed by atoms with van der Waals surface area (Å²) < 4.78 is 33.8. The van der Waals surface area contributed by atoms with Gasteiger partial charge in [0.2, 0.25) is 0 Å². The predicted molar refractivity (Wildman–Crippen MR) is 132 cm³/mol. The van der Waals surface area contributed by atoms with Crippen LogP contribution < -0.4 is 0 Å². The first kappa shape index (κ1) is 23.4. The third kappa shape index (κ3) is 6.22. The summed E-state index contributed by atoms with van der Waals surface area (Å²) in [5.41, 5.74) is 4.55. The normalized spacial score (nSPS) is 19.7. The molecule has 0 radical (unpaired) electrons. The van der Waals surface area contributed by atoms with E-state index in [9.17, 15) is 4.39 Å². The Labute approximate surface area is 205 Å². The van der Waals surface area contributed by atoms with Gasteiger partial charge in [-0.1, -0.05) is 66.7 Å². The molecule has 0 bridgehead atoms. The van der Waals surface area contributed by atoms with Crippen molar-refractivity contribution >= 4 is 0 Å². The SMILES string of the molecule is Fc1ccc(CCC2(Cn3ccnc3)OCC(COCc3ccc(-c4ccccc4)cc3)O2)cc1. The highest BCUT2D eigenvalue weighted by Crippen LogP contribution is 2.31. The van der Waals surface area contributed by atoms with Gasteiger partial charge in [-0.2, -0.15) is 0 Å². The zero-order chi connectivity index (χ0) is 23.9. The molecule has 1 aliphatic heterocycles. The molecule has 0 spiro atoms. The van der Waals surface area contributed by atoms with Gasteiger partial charge >= 0.3 is 0 Å². The number of aromatic nitrogens is 2. The molecule has 35 heavy (non-hydrogen) atoms. The second kappa shape index (κ2) is 11.0. The lowest BCUT2D eigenvalue weighted by molar-refractivity contribution is -0.187. The molecule has 5 nitrogen and oxygen atoms in total. The molecule has 6 heteroatoms. The quantitative estimate of drug-likeness (QED) is 0.299. The number of hydrogen-bond donors (Lipinski definition) is 0. The number of benzene rings is 3. The predicted octanol–water partition coefficient (Wildman–Crippen LogP) is 5.65. The number of nitrogens with zero attached hydrogens (tertiary/aromatic N) is 2. The summed E-state index contributed by atoms with van der Waals surface area (Å²) in [6.45, 7) is 1.96. The monoisotopic (exact) mass is 472 g/mol. The van der Waals surface area contributed by atoms with Crippen LogP contribution in [-0.4, -0.2) is 34.7 Å². The maximum absolute atomic E-state index is 13.3. The minimum atomic E-state index is -0.777. The summed E-state index contributed by atoms with van der Waals surface area (Å²) in [6.07, 6.45) is 6.61. The fraction of sp³-hybridized carbons (Fsp3) is 0.276. The lowest BCUT2D eigenvalue weighted by Gasteiger charge is -2.28. The lowest BCUT2D eigenvalue weighted by Crippen LogP contribution is -2.37. The zero-order valence-corrected chi connectivity index (χ0v) is 19.6. The van der Waals surface area contributed by atoms with Crippen LogP contribution in [0, 0.1) is 5.82 Å².